The number of rotatable bonds is 7. The largest absolute Gasteiger partial charge is 0.491 e. The first-order valence-electron chi connectivity index (χ1n) is 6.02. The van der Waals surface area contributed by atoms with Crippen LogP contribution in [-0.4, -0.2) is 25.2 Å². The van der Waals surface area contributed by atoms with Gasteiger partial charge in [0.2, 0.25) is 0 Å². The van der Waals surface area contributed by atoms with Gasteiger partial charge in [-0.3, -0.25) is 10.2 Å². The van der Waals surface area contributed by atoms with Crippen molar-refractivity contribution in [1.82, 2.24) is 5.43 Å². The number of nitrogens with two attached hydrogens (primary N) is 1. The van der Waals surface area contributed by atoms with Crippen LogP contribution in [0.1, 0.15) is 30.6 Å². The molecule has 0 radical (unpaired) electrons. The minimum atomic E-state index is -0.318. The molecule has 1 rings (SSSR count). The lowest BCUT2D eigenvalue weighted by atomic mass is 10.2. The molecule has 1 unspecified atom stereocenters. The van der Waals surface area contributed by atoms with Crippen LogP contribution >= 0.6 is 0 Å². The second-order valence-electron chi connectivity index (χ2n) is 3.94. The molecule has 0 saturated heterocycles. The maximum Gasteiger partial charge on any atom is 0.265 e. The van der Waals surface area contributed by atoms with Gasteiger partial charge in [-0.2, -0.15) is 0 Å². The van der Waals surface area contributed by atoms with Gasteiger partial charge >= 0.3 is 0 Å². The SMILES string of the molecule is CCC(C)OCCOc1ccc(C(=O)NN)cc1. The molecule has 1 amide bonds. The summed E-state index contributed by atoms with van der Waals surface area (Å²) in [7, 11) is 0. The summed E-state index contributed by atoms with van der Waals surface area (Å²) in [6, 6.07) is 6.78. The third kappa shape index (κ3) is 4.73. The van der Waals surface area contributed by atoms with Gasteiger partial charge < -0.3 is 9.47 Å². The van der Waals surface area contributed by atoms with E-state index >= 15 is 0 Å². The van der Waals surface area contributed by atoms with Crippen LogP contribution in [0, 0.1) is 0 Å². The van der Waals surface area contributed by atoms with Gasteiger partial charge in [0.15, 0.2) is 0 Å². The summed E-state index contributed by atoms with van der Waals surface area (Å²) in [6.07, 6.45) is 1.24. The van der Waals surface area contributed by atoms with E-state index in [9.17, 15) is 4.79 Å². The Balaban J connectivity index is 2.33. The highest BCUT2D eigenvalue weighted by Gasteiger charge is 2.03. The molecule has 0 aliphatic carbocycles. The van der Waals surface area contributed by atoms with Gasteiger partial charge in [-0.25, -0.2) is 5.84 Å². The maximum absolute atomic E-state index is 11.2. The van der Waals surface area contributed by atoms with Crippen LogP contribution in [0.15, 0.2) is 24.3 Å². The van der Waals surface area contributed by atoms with E-state index in [0.29, 0.717) is 24.5 Å². The van der Waals surface area contributed by atoms with Crippen molar-refractivity contribution in [2.45, 2.75) is 26.4 Å². The van der Waals surface area contributed by atoms with E-state index in [0.717, 1.165) is 6.42 Å². The molecule has 18 heavy (non-hydrogen) atoms. The number of ether oxygens (including phenoxy) is 2. The smallest absolute Gasteiger partial charge is 0.265 e. The summed E-state index contributed by atoms with van der Waals surface area (Å²) in [4.78, 5) is 11.2. The summed E-state index contributed by atoms with van der Waals surface area (Å²) in [5.41, 5.74) is 2.57. The molecule has 0 aromatic heterocycles. The van der Waals surface area contributed by atoms with Crippen molar-refractivity contribution in [2.24, 2.45) is 5.84 Å². The molecule has 0 fully saturated rings. The minimum absolute atomic E-state index is 0.254. The van der Waals surface area contributed by atoms with Crippen molar-refractivity contribution >= 4 is 5.91 Å². The number of hydrogen-bond acceptors (Lipinski definition) is 4. The molecular weight excluding hydrogens is 232 g/mol. The average molecular weight is 252 g/mol. The Labute approximate surface area is 107 Å². The van der Waals surface area contributed by atoms with Crippen molar-refractivity contribution in [3.05, 3.63) is 29.8 Å². The second kappa shape index (κ2) is 7.68. The lowest BCUT2D eigenvalue weighted by Crippen LogP contribution is -2.29. The number of nitrogen functional groups attached to an aromatic ring is 1. The Hall–Kier alpha value is -1.59. The van der Waals surface area contributed by atoms with Crippen LogP contribution in [0.3, 0.4) is 0 Å². The van der Waals surface area contributed by atoms with Gasteiger partial charge in [-0.15, -0.1) is 0 Å². The van der Waals surface area contributed by atoms with Gasteiger partial charge in [-0.1, -0.05) is 6.92 Å². The number of carbonyl (C=O) groups is 1. The minimum Gasteiger partial charge on any atom is -0.491 e. The zero-order valence-electron chi connectivity index (χ0n) is 10.8. The molecule has 0 bridgehead atoms. The zero-order valence-corrected chi connectivity index (χ0v) is 10.8. The molecule has 0 spiro atoms. The van der Waals surface area contributed by atoms with E-state index in [1.54, 1.807) is 24.3 Å². The van der Waals surface area contributed by atoms with E-state index in [4.69, 9.17) is 15.3 Å². The summed E-state index contributed by atoms with van der Waals surface area (Å²) in [6.45, 7) is 5.15. The predicted molar refractivity (Wildman–Crippen MR) is 69.3 cm³/mol. The van der Waals surface area contributed by atoms with Crippen LogP contribution in [0.5, 0.6) is 5.75 Å². The third-order valence-electron chi connectivity index (χ3n) is 2.58. The van der Waals surface area contributed by atoms with Crippen LogP contribution < -0.4 is 16.0 Å². The lowest BCUT2D eigenvalue weighted by molar-refractivity contribution is 0.0427. The van der Waals surface area contributed by atoms with E-state index in [1.165, 1.54) is 0 Å². The van der Waals surface area contributed by atoms with Crippen molar-refractivity contribution in [3.63, 3.8) is 0 Å². The van der Waals surface area contributed by atoms with Gasteiger partial charge in [0.05, 0.1) is 12.7 Å². The van der Waals surface area contributed by atoms with Crippen molar-refractivity contribution < 1.29 is 14.3 Å². The predicted octanol–water partition coefficient (Wildman–Crippen LogP) is 1.48. The van der Waals surface area contributed by atoms with Crippen LogP contribution in [-0.2, 0) is 4.74 Å². The van der Waals surface area contributed by atoms with E-state index < -0.39 is 0 Å². The summed E-state index contributed by atoms with van der Waals surface area (Å²) in [5, 5.41) is 0. The Bertz CT molecular complexity index is 365. The number of carbonyl (C=O) groups excluding carboxylic acids is 1. The maximum atomic E-state index is 11.2. The number of hydrogen-bond donors (Lipinski definition) is 2. The fourth-order valence-corrected chi connectivity index (χ4v) is 1.31. The first kappa shape index (κ1) is 14.5. The highest BCUT2D eigenvalue weighted by Crippen LogP contribution is 2.12. The molecule has 1 atom stereocenters. The number of hydrazine groups is 1. The normalized spacial score (nSPS) is 11.9. The van der Waals surface area contributed by atoms with Crippen molar-refractivity contribution in [1.29, 1.82) is 0 Å². The topological polar surface area (TPSA) is 73.6 Å². The summed E-state index contributed by atoms with van der Waals surface area (Å²) in [5.74, 6) is 5.42. The molecule has 0 aliphatic heterocycles. The molecule has 3 N–H and O–H groups in total. The second-order valence-corrected chi connectivity index (χ2v) is 3.94. The highest BCUT2D eigenvalue weighted by molar-refractivity contribution is 5.93. The van der Waals surface area contributed by atoms with Crippen LogP contribution in [0.25, 0.3) is 0 Å². The lowest BCUT2D eigenvalue weighted by Gasteiger charge is -2.11. The first-order chi connectivity index (χ1) is 8.67. The Kier molecular flexibility index (Phi) is 6.18. The molecule has 1 aromatic rings. The van der Waals surface area contributed by atoms with E-state index in [2.05, 4.69) is 12.3 Å². The Morgan fingerprint density at radius 2 is 2.00 bits per heavy atom. The van der Waals surface area contributed by atoms with Crippen molar-refractivity contribution in [3.8, 4) is 5.75 Å². The molecular formula is C13H20N2O3. The fraction of sp³-hybridized carbons (Fsp3) is 0.462. The van der Waals surface area contributed by atoms with E-state index in [-0.39, 0.29) is 12.0 Å². The molecule has 0 heterocycles. The first-order valence-corrected chi connectivity index (χ1v) is 6.02. The number of nitrogens with one attached hydrogen (secondary N) is 1. The fourth-order valence-electron chi connectivity index (χ4n) is 1.31. The quantitative estimate of drug-likeness (QED) is 0.334. The number of benzene rings is 1. The molecule has 5 nitrogen and oxygen atoms in total. The average Bonchev–Trinajstić information content (AvgIpc) is 2.43. The molecule has 1 aromatic carbocycles. The Morgan fingerprint density at radius 1 is 1.33 bits per heavy atom. The highest BCUT2D eigenvalue weighted by atomic mass is 16.5. The van der Waals surface area contributed by atoms with Gasteiger partial charge in [0, 0.05) is 5.56 Å². The molecule has 0 aliphatic rings. The van der Waals surface area contributed by atoms with Gasteiger partial charge in [-0.05, 0) is 37.6 Å². The van der Waals surface area contributed by atoms with Crippen LogP contribution in [0.2, 0.25) is 0 Å². The summed E-state index contributed by atoms with van der Waals surface area (Å²) >= 11 is 0. The monoisotopic (exact) mass is 252 g/mol. The van der Waals surface area contributed by atoms with Crippen molar-refractivity contribution in [2.75, 3.05) is 13.2 Å². The Morgan fingerprint density at radius 3 is 2.56 bits per heavy atom. The molecule has 100 valence electrons. The third-order valence-corrected chi connectivity index (χ3v) is 2.58. The standard InChI is InChI=1S/C13H20N2O3/c1-3-10(2)17-8-9-18-12-6-4-11(5-7-12)13(16)15-14/h4-7,10H,3,8-9,14H2,1-2H3,(H,15,16). The zero-order chi connectivity index (χ0) is 13.4. The van der Waals surface area contributed by atoms with Gasteiger partial charge in [0.1, 0.15) is 12.4 Å². The van der Waals surface area contributed by atoms with E-state index in [1.807, 2.05) is 6.92 Å². The van der Waals surface area contributed by atoms with Gasteiger partial charge in [0.25, 0.3) is 5.91 Å². The van der Waals surface area contributed by atoms with Crippen LogP contribution in [0.4, 0.5) is 0 Å². The molecule has 5 heteroatoms. The number of amides is 1. The summed E-state index contributed by atoms with van der Waals surface area (Å²) < 4.78 is 11.0. The molecule has 0 saturated carbocycles.